The van der Waals surface area contributed by atoms with E-state index < -0.39 is 5.97 Å². The van der Waals surface area contributed by atoms with Crippen LogP contribution in [0.4, 0.5) is 0 Å². The predicted octanol–water partition coefficient (Wildman–Crippen LogP) is 3.09. The zero-order chi connectivity index (χ0) is 18.9. The zero-order valence-electron chi connectivity index (χ0n) is 15.0. The van der Waals surface area contributed by atoms with Crippen molar-refractivity contribution in [3.8, 4) is 5.75 Å². The molecule has 26 heavy (non-hydrogen) atoms. The van der Waals surface area contributed by atoms with Gasteiger partial charge in [-0.2, -0.15) is 0 Å². The number of nitrogens with zero attached hydrogens (tertiary/aromatic N) is 1. The normalized spacial score (nSPS) is 10.6. The molecule has 136 valence electrons. The fraction of sp³-hybridized carbons (Fsp3) is 0.250. The lowest BCUT2D eigenvalue weighted by Crippen LogP contribution is -2.18. The second-order valence-corrected chi connectivity index (χ2v) is 5.68. The molecule has 0 unspecified atom stereocenters. The molecule has 0 amide bonds. The average molecular weight is 355 g/mol. The highest BCUT2D eigenvalue weighted by Gasteiger charge is 2.12. The van der Waals surface area contributed by atoms with E-state index in [0.29, 0.717) is 5.56 Å². The van der Waals surface area contributed by atoms with E-state index in [0.717, 1.165) is 22.4 Å². The third-order valence-electron chi connectivity index (χ3n) is 3.63. The van der Waals surface area contributed by atoms with Crippen molar-refractivity contribution >= 4 is 18.0 Å². The Labute approximate surface area is 152 Å². The van der Waals surface area contributed by atoms with Gasteiger partial charge in [-0.25, -0.2) is 4.79 Å². The number of ketones is 1. The van der Waals surface area contributed by atoms with E-state index in [1.807, 2.05) is 26.0 Å². The van der Waals surface area contributed by atoms with Crippen LogP contribution < -0.4 is 4.74 Å². The van der Waals surface area contributed by atoms with Crippen LogP contribution in [0.5, 0.6) is 5.75 Å². The molecule has 6 nitrogen and oxygen atoms in total. The molecular formula is C20H21NO5. The van der Waals surface area contributed by atoms with E-state index in [-0.39, 0.29) is 19.0 Å². The number of carbonyl (C=O) groups is 2. The molecule has 0 atom stereocenters. The van der Waals surface area contributed by atoms with Gasteiger partial charge in [-0.3, -0.25) is 4.79 Å². The molecule has 0 aliphatic heterocycles. The van der Waals surface area contributed by atoms with E-state index >= 15 is 0 Å². The van der Waals surface area contributed by atoms with Crippen LogP contribution in [0.25, 0.3) is 0 Å². The van der Waals surface area contributed by atoms with Gasteiger partial charge in [-0.1, -0.05) is 22.9 Å². The highest BCUT2D eigenvalue weighted by Crippen LogP contribution is 2.12. The Balaban J connectivity index is 1.75. The number of rotatable bonds is 8. The Morgan fingerprint density at radius 2 is 1.77 bits per heavy atom. The van der Waals surface area contributed by atoms with Crippen LogP contribution in [0.3, 0.4) is 0 Å². The Hall–Kier alpha value is -3.15. The number of hydrogen-bond acceptors (Lipinski definition) is 6. The van der Waals surface area contributed by atoms with Crippen LogP contribution in [0.2, 0.25) is 0 Å². The van der Waals surface area contributed by atoms with Crippen molar-refractivity contribution in [3.05, 3.63) is 64.7 Å². The lowest BCUT2D eigenvalue weighted by atomic mass is 10.0. The maximum absolute atomic E-state index is 12.1. The fourth-order valence-corrected chi connectivity index (χ4v) is 2.18. The van der Waals surface area contributed by atoms with E-state index in [9.17, 15) is 9.59 Å². The second-order valence-electron chi connectivity index (χ2n) is 5.68. The summed E-state index contributed by atoms with van der Waals surface area (Å²) in [4.78, 5) is 28.7. The van der Waals surface area contributed by atoms with Crippen molar-refractivity contribution in [2.45, 2.75) is 13.8 Å². The summed E-state index contributed by atoms with van der Waals surface area (Å²) in [5.74, 6) is -0.169. The number of oxime groups is 1. The molecular weight excluding hydrogens is 334 g/mol. The molecule has 0 saturated carbocycles. The Kier molecular flexibility index (Phi) is 6.91. The van der Waals surface area contributed by atoms with Crippen LogP contribution >= 0.6 is 0 Å². The molecule has 0 aliphatic rings. The van der Waals surface area contributed by atoms with Crippen molar-refractivity contribution < 1.29 is 23.9 Å². The minimum absolute atomic E-state index is 0.249. The molecule has 0 radical (unpaired) electrons. The van der Waals surface area contributed by atoms with E-state index in [1.165, 1.54) is 6.21 Å². The second kappa shape index (κ2) is 9.36. The third kappa shape index (κ3) is 5.73. The van der Waals surface area contributed by atoms with Gasteiger partial charge in [0.15, 0.2) is 6.61 Å². The van der Waals surface area contributed by atoms with Crippen molar-refractivity contribution in [2.75, 3.05) is 20.3 Å². The van der Waals surface area contributed by atoms with Crippen LogP contribution in [-0.2, 0) is 14.4 Å². The van der Waals surface area contributed by atoms with Gasteiger partial charge in [-0.05, 0) is 55.3 Å². The number of Topliss-reactive ketones (excluding diaryl/α,β-unsaturated/α-hetero) is 1. The topological polar surface area (TPSA) is 74.2 Å². The van der Waals surface area contributed by atoms with Gasteiger partial charge in [-0.15, -0.1) is 0 Å². The molecule has 0 aromatic heterocycles. The highest BCUT2D eigenvalue weighted by molar-refractivity contribution is 5.99. The number of aryl methyl sites for hydroxylation is 2. The first-order valence-corrected chi connectivity index (χ1v) is 8.05. The molecule has 0 aliphatic carbocycles. The minimum atomic E-state index is -0.657. The number of ether oxygens (including phenoxy) is 2. The quantitative estimate of drug-likeness (QED) is 0.315. The Bertz CT molecular complexity index is 796. The van der Waals surface area contributed by atoms with Gasteiger partial charge >= 0.3 is 5.97 Å². The van der Waals surface area contributed by atoms with Gasteiger partial charge in [0.1, 0.15) is 5.75 Å². The van der Waals surface area contributed by atoms with Gasteiger partial charge in [0.25, 0.3) is 0 Å². The number of hydrogen-bond donors (Lipinski definition) is 0. The van der Waals surface area contributed by atoms with Crippen LogP contribution in [0, 0.1) is 13.8 Å². The van der Waals surface area contributed by atoms with Crippen molar-refractivity contribution in [2.24, 2.45) is 5.16 Å². The summed E-state index contributed by atoms with van der Waals surface area (Å²) in [6.07, 6.45) is 1.47. The Morgan fingerprint density at radius 3 is 2.46 bits per heavy atom. The van der Waals surface area contributed by atoms with Gasteiger partial charge in [0.2, 0.25) is 12.4 Å². The number of esters is 1. The standard InChI is InChI=1S/C20H21NO5/c1-14-4-5-15(2)18(10-14)19(22)12-25-20(23)13-26-21-11-16-6-8-17(24-3)9-7-16/h4-11H,12-13H2,1-3H3/b21-11-. The van der Waals surface area contributed by atoms with E-state index in [4.69, 9.17) is 14.3 Å². The van der Waals surface area contributed by atoms with Gasteiger partial charge < -0.3 is 14.3 Å². The summed E-state index contributed by atoms with van der Waals surface area (Å²) >= 11 is 0. The van der Waals surface area contributed by atoms with Crippen molar-refractivity contribution in [1.82, 2.24) is 0 Å². The summed E-state index contributed by atoms with van der Waals surface area (Å²) in [5, 5.41) is 3.70. The molecule has 0 saturated heterocycles. The molecule has 0 heterocycles. The Morgan fingerprint density at radius 1 is 1.04 bits per heavy atom. The lowest BCUT2D eigenvalue weighted by Gasteiger charge is -2.07. The summed E-state index contributed by atoms with van der Waals surface area (Å²) < 4.78 is 9.99. The molecule has 2 rings (SSSR count). The smallest absolute Gasteiger partial charge is 0.347 e. The average Bonchev–Trinajstić information content (AvgIpc) is 2.65. The van der Waals surface area contributed by atoms with Crippen LogP contribution in [0.15, 0.2) is 47.6 Å². The third-order valence-corrected chi connectivity index (χ3v) is 3.63. The summed E-state index contributed by atoms with van der Waals surface area (Å²) in [7, 11) is 1.59. The van der Waals surface area contributed by atoms with Crippen LogP contribution in [-0.4, -0.2) is 38.3 Å². The lowest BCUT2D eigenvalue weighted by molar-refractivity contribution is -0.147. The monoisotopic (exact) mass is 355 g/mol. The molecule has 0 spiro atoms. The highest BCUT2D eigenvalue weighted by atomic mass is 16.7. The van der Waals surface area contributed by atoms with Gasteiger partial charge in [0, 0.05) is 5.56 Å². The first-order chi connectivity index (χ1) is 12.5. The van der Waals surface area contributed by atoms with Crippen molar-refractivity contribution in [3.63, 3.8) is 0 Å². The van der Waals surface area contributed by atoms with Crippen molar-refractivity contribution in [1.29, 1.82) is 0 Å². The SMILES string of the molecule is COc1ccc(/C=N\OCC(=O)OCC(=O)c2cc(C)ccc2C)cc1. The maximum atomic E-state index is 12.1. The molecule has 0 fully saturated rings. The first-order valence-electron chi connectivity index (χ1n) is 8.05. The zero-order valence-corrected chi connectivity index (χ0v) is 15.0. The minimum Gasteiger partial charge on any atom is -0.497 e. The number of benzene rings is 2. The van der Waals surface area contributed by atoms with E-state index in [2.05, 4.69) is 5.16 Å². The molecule has 0 N–H and O–H groups in total. The predicted molar refractivity (Wildman–Crippen MR) is 97.7 cm³/mol. The summed E-state index contributed by atoms with van der Waals surface area (Å²) in [6, 6.07) is 12.7. The fourth-order valence-electron chi connectivity index (χ4n) is 2.18. The first kappa shape index (κ1) is 19.2. The van der Waals surface area contributed by atoms with Crippen LogP contribution in [0.1, 0.15) is 27.0 Å². The molecule has 6 heteroatoms. The van der Waals surface area contributed by atoms with Gasteiger partial charge in [0.05, 0.1) is 13.3 Å². The largest absolute Gasteiger partial charge is 0.497 e. The summed E-state index contributed by atoms with van der Waals surface area (Å²) in [5.41, 5.74) is 3.17. The number of carbonyl (C=O) groups excluding carboxylic acids is 2. The maximum Gasteiger partial charge on any atom is 0.347 e. The molecule has 0 bridgehead atoms. The number of methoxy groups -OCH3 is 1. The van der Waals surface area contributed by atoms with E-state index in [1.54, 1.807) is 37.4 Å². The molecule has 2 aromatic rings. The molecule has 2 aromatic carbocycles. The summed E-state index contributed by atoms with van der Waals surface area (Å²) in [6.45, 7) is 3.05.